The van der Waals surface area contributed by atoms with Crippen LogP contribution in [0.4, 0.5) is 5.82 Å². The monoisotopic (exact) mass is 222 g/mol. The SMILES string of the molecule is Cc1cc(C)c(CO)c(N2CCOCC2)n1. The van der Waals surface area contributed by atoms with Gasteiger partial charge in [0.1, 0.15) is 5.82 Å². The number of ether oxygens (including phenoxy) is 1. The van der Waals surface area contributed by atoms with E-state index in [0.717, 1.165) is 48.9 Å². The van der Waals surface area contributed by atoms with Gasteiger partial charge in [-0.3, -0.25) is 0 Å². The number of morpholine rings is 1. The molecule has 2 heterocycles. The summed E-state index contributed by atoms with van der Waals surface area (Å²) >= 11 is 0. The largest absolute Gasteiger partial charge is 0.392 e. The van der Waals surface area contributed by atoms with Crippen LogP contribution in [-0.2, 0) is 11.3 Å². The first-order chi connectivity index (χ1) is 7.72. The molecule has 1 aromatic heterocycles. The average molecular weight is 222 g/mol. The standard InChI is InChI=1S/C12H18N2O2/c1-9-7-10(2)13-12(11(9)8-15)14-3-5-16-6-4-14/h7,15H,3-6,8H2,1-2H3. The van der Waals surface area contributed by atoms with Gasteiger partial charge in [0.15, 0.2) is 0 Å². The van der Waals surface area contributed by atoms with Gasteiger partial charge in [0.25, 0.3) is 0 Å². The molecule has 16 heavy (non-hydrogen) atoms. The number of hydrogen-bond acceptors (Lipinski definition) is 4. The number of aliphatic hydroxyl groups excluding tert-OH is 1. The van der Waals surface area contributed by atoms with Gasteiger partial charge in [0.05, 0.1) is 19.8 Å². The topological polar surface area (TPSA) is 45.6 Å². The Kier molecular flexibility index (Phi) is 3.41. The lowest BCUT2D eigenvalue weighted by atomic mass is 10.1. The van der Waals surface area contributed by atoms with Crippen LogP contribution >= 0.6 is 0 Å². The summed E-state index contributed by atoms with van der Waals surface area (Å²) in [6.45, 7) is 7.22. The predicted molar refractivity (Wildman–Crippen MR) is 62.7 cm³/mol. The van der Waals surface area contributed by atoms with Crippen LogP contribution in [0.25, 0.3) is 0 Å². The molecule has 1 N–H and O–H groups in total. The molecule has 4 heteroatoms. The fraction of sp³-hybridized carbons (Fsp3) is 0.583. The Balaban J connectivity index is 2.36. The Hall–Kier alpha value is -1.13. The van der Waals surface area contributed by atoms with Crippen molar-refractivity contribution >= 4 is 5.82 Å². The number of aryl methyl sites for hydroxylation is 2. The fourth-order valence-electron chi connectivity index (χ4n) is 2.08. The number of anilines is 1. The molecule has 0 spiro atoms. The van der Waals surface area contributed by atoms with Crippen molar-refractivity contribution < 1.29 is 9.84 Å². The third kappa shape index (κ3) is 2.18. The quantitative estimate of drug-likeness (QED) is 0.811. The van der Waals surface area contributed by atoms with Gasteiger partial charge in [-0.05, 0) is 25.5 Å². The van der Waals surface area contributed by atoms with Gasteiger partial charge in [-0.1, -0.05) is 0 Å². The van der Waals surface area contributed by atoms with E-state index in [1.165, 1.54) is 0 Å². The van der Waals surface area contributed by atoms with E-state index in [4.69, 9.17) is 4.74 Å². The first-order valence-electron chi connectivity index (χ1n) is 5.63. The van der Waals surface area contributed by atoms with E-state index in [-0.39, 0.29) is 6.61 Å². The highest BCUT2D eigenvalue weighted by atomic mass is 16.5. The molecular formula is C12H18N2O2. The van der Waals surface area contributed by atoms with Gasteiger partial charge >= 0.3 is 0 Å². The van der Waals surface area contributed by atoms with Gasteiger partial charge in [-0.25, -0.2) is 4.98 Å². The minimum Gasteiger partial charge on any atom is -0.392 e. The number of aliphatic hydroxyl groups is 1. The van der Waals surface area contributed by atoms with Crippen molar-refractivity contribution in [1.29, 1.82) is 0 Å². The third-order valence-corrected chi connectivity index (χ3v) is 2.92. The first kappa shape index (κ1) is 11.4. The molecular weight excluding hydrogens is 204 g/mol. The van der Waals surface area contributed by atoms with E-state index in [9.17, 15) is 5.11 Å². The number of aromatic nitrogens is 1. The minimum absolute atomic E-state index is 0.0474. The summed E-state index contributed by atoms with van der Waals surface area (Å²) in [5, 5.41) is 9.42. The van der Waals surface area contributed by atoms with Crippen molar-refractivity contribution in [1.82, 2.24) is 4.98 Å². The van der Waals surface area contributed by atoms with Crippen molar-refractivity contribution in [2.45, 2.75) is 20.5 Å². The first-order valence-corrected chi connectivity index (χ1v) is 5.63. The molecule has 0 aromatic carbocycles. The van der Waals surface area contributed by atoms with E-state index >= 15 is 0 Å². The van der Waals surface area contributed by atoms with Crippen LogP contribution in [-0.4, -0.2) is 36.4 Å². The van der Waals surface area contributed by atoms with Crippen LogP contribution in [0.3, 0.4) is 0 Å². The molecule has 0 radical (unpaired) electrons. The average Bonchev–Trinajstić information content (AvgIpc) is 2.29. The van der Waals surface area contributed by atoms with Crippen molar-refractivity contribution in [3.05, 3.63) is 22.9 Å². The lowest BCUT2D eigenvalue weighted by Crippen LogP contribution is -2.37. The van der Waals surface area contributed by atoms with Crippen LogP contribution in [0.15, 0.2) is 6.07 Å². The maximum atomic E-state index is 9.42. The zero-order valence-corrected chi connectivity index (χ0v) is 9.86. The summed E-state index contributed by atoms with van der Waals surface area (Å²) in [6, 6.07) is 2.01. The number of rotatable bonds is 2. The van der Waals surface area contributed by atoms with Gasteiger partial charge in [-0.2, -0.15) is 0 Å². The highest BCUT2D eigenvalue weighted by Gasteiger charge is 2.17. The molecule has 88 valence electrons. The summed E-state index contributed by atoms with van der Waals surface area (Å²) in [4.78, 5) is 6.73. The second-order valence-corrected chi connectivity index (χ2v) is 4.14. The van der Waals surface area contributed by atoms with Gasteiger partial charge in [-0.15, -0.1) is 0 Å². The molecule has 0 aliphatic carbocycles. The highest BCUT2D eigenvalue weighted by molar-refractivity contribution is 5.51. The lowest BCUT2D eigenvalue weighted by molar-refractivity contribution is 0.122. The summed E-state index contributed by atoms with van der Waals surface area (Å²) in [7, 11) is 0. The van der Waals surface area contributed by atoms with E-state index in [1.807, 2.05) is 19.9 Å². The van der Waals surface area contributed by atoms with Crippen LogP contribution in [0.5, 0.6) is 0 Å². The maximum absolute atomic E-state index is 9.42. The third-order valence-electron chi connectivity index (χ3n) is 2.92. The molecule has 0 unspecified atom stereocenters. The van der Waals surface area contributed by atoms with Crippen molar-refractivity contribution in [3.8, 4) is 0 Å². The van der Waals surface area contributed by atoms with Gasteiger partial charge in [0.2, 0.25) is 0 Å². The fourth-order valence-corrected chi connectivity index (χ4v) is 2.08. The molecule has 1 fully saturated rings. The Bertz CT molecular complexity index is 374. The molecule has 1 aliphatic heterocycles. The van der Waals surface area contributed by atoms with Crippen molar-refractivity contribution in [2.24, 2.45) is 0 Å². The summed E-state index contributed by atoms with van der Waals surface area (Å²) < 4.78 is 5.32. The van der Waals surface area contributed by atoms with Crippen molar-refractivity contribution in [2.75, 3.05) is 31.2 Å². The lowest BCUT2D eigenvalue weighted by Gasteiger charge is -2.30. The molecule has 0 atom stereocenters. The zero-order chi connectivity index (χ0) is 11.5. The van der Waals surface area contributed by atoms with E-state index in [0.29, 0.717) is 0 Å². The molecule has 4 nitrogen and oxygen atoms in total. The minimum atomic E-state index is 0.0474. The molecule has 2 rings (SSSR count). The second-order valence-electron chi connectivity index (χ2n) is 4.14. The second kappa shape index (κ2) is 4.80. The molecule has 1 aromatic rings. The summed E-state index contributed by atoms with van der Waals surface area (Å²) in [5.74, 6) is 0.920. The number of hydrogen-bond donors (Lipinski definition) is 1. The summed E-state index contributed by atoms with van der Waals surface area (Å²) in [5.41, 5.74) is 3.04. The Morgan fingerprint density at radius 1 is 1.38 bits per heavy atom. The van der Waals surface area contributed by atoms with E-state index < -0.39 is 0 Å². The van der Waals surface area contributed by atoms with E-state index in [2.05, 4.69) is 9.88 Å². The summed E-state index contributed by atoms with van der Waals surface area (Å²) in [6.07, 6.45) is 0. The Morgan fingerprint density at radius 2 is 2.06 bits per heavy atom. The smallest absolute Gasteiger partial charge is 0.134 e. The molecule has 0 saturated carbocycles. The van der Waals surface area contributed by atoms with Gasteiger partial charge in [0, 0.05) is 24.3 Å². The number of nitrogens with zero attached hydrogens (tertiary/aromatic N) is 2. The van der Waals surface area contributed by atoms with Crippen molar-refractivity contribution in [3.63, 3.8) is 0 Å². The maximum Gasteiger partial charge on any atom is 0.134 e. The Morgan fingerprint density at radius 3 is 2.69 bits per heavy atom. The van der Waals surface area contributed by atoms with Gasteiger partial charge < -0.3 is 14.7 Å². The molecule has 0 amide bonds. The molecule has 0 bridgehead atoms. The molecule has 1 saturated heterocycles. The van der Waals surface area contributed by atoms with Crippen LogP contribution in [0.2, 0.25) is 0 Å². The van der Waals surface area contributed by atoms with Crippen LogP contribution in [0.1, 0.15) is 16.8 Å². The van der Waals surface area contributed by atoms with Crippen LogP contribution in [0, 0.1) is 13.8 Å². The molecule has 1 aliphatic rings. The number of pyridine rings is 1. The zero-order valence-electron chi connectivity index (χ0n) is 9.86. The predicted octanol–water partition coefficient (Wildman–Crippen LogP) is 1.03. The highest BCUT2D eigenvalue weighted by Crippen LogP contribution is 2.23. The Labute approximate surface area is 95.9 Å². The normalized spacial score (nSPS) is 16.6. The van der Waals surface area contributed by atoms with E-state index in [1.54, 1.807) is 0 Å². The van der Waals surface area contributed by atoms with Crippen LogP contribution < -0.4 is 4.90 Å².